The molecule has 0 spiro atoms. The topological polar surface area (TPSA) is 70.2 Å². The third-order valence-corrected chi connectivity index (χ3v) is 5.64. The van der Waals surface area contributed by atoms with Gasteiger partial charge in [0, 0.05) is 36.9 Å². The molecule has 6 nitrogen and oxygen atoms in total. The van der Waals surface area contributed by atoms with Gasteiger partial charge in [0.25, 0.3) is 5.91 Å². The first-order chi connectivity index (χ1) is 13.6. The summed E-state index contributed by atoms with van der Waals surface area (Å²) in [5, 5.41) is 12.3. The summed E-state index contributed by atoms with van der Waals surface area (Å²) in [4.78, 5) is 23.6. The maximum absolute atomic E-state index is 12.2. The second-order valence-corrected chi connectivity index (χ2v) is 8.00. The fourth-order valence-corrected chi connectivity index (χ4v) is 4.12. The lowest BCUT2D eigenvalue weighted by Crippen LogP contribution is -2.40. The molecule has 1 saturated carbocycles. The summed E-state index contributed by atoms with van der Waals surface area (Å²) < 4.78 is 0. The van der Waals surface area contributed by atoms with Gasteiger partial charge in [-0.25, -0.2) is 4.98 Å². The summed E-state index contributed by atoms with van der Waals surface area (Å²) in [5.41, 5.74) is 1.51. The van der Waals surface area contributed by atoms with Gasteiger partial charge in [-0.05, 0) is 49.3 Å². The lowest BCUT2D eigenvalue weighted by Gasteiger charge is -2.29. The van der Waals surface area contributed by atoms with Gasteiger partial charge in [-0.2, -0.15) is 4.98 Å². The van der Waals surface area contributed by atoms with Crippen molar-refractivity contribution in [3.63, 3.8) is 0 Å². The average Bonchev–Trinajstić information content (AvgIpc) is 3.24. The Morgan fingerprint density at radius 1 is 1.14 bits per heavy atom. The molecule has 0 unspecified atom stereocenters. The van der Waals surface area contributed by atoms with Gasteiger partial charge < -0.3 is 15.5 Å². The monoisotopic (exact) mass is 393 g/mol. The fourth-order valence-electron chi connectivity index (χ4n) is 3.61. The molecule has 0 atom stereocenters. The molecule has 28 heavy (non-hydrogen) atoms. The molecule has 7 heteroatoms. The van der Waals surface area contributed by atoms with Gasteiger partial charge >= 0.3 is 0 Å². The highest BCUT2D eigenvalue weighted by molar-refractivity contribution is 7.07. The number of amides is 1. The molecule has 1 aliphatic rings. The van der Waals surface area contributed by atoms with Crippen molar-refractivity contribution in [2.24, 2.45) is 0 Å². The van der Waals surface area contributed by atoms with Crippen molar-refractivity contribution < 1.29 is 4.79 Å². The van der Waals surface area contributed by atoms with E-state index in [-0.39, 0.29) is 11.9 Å². The van der Waals surface area contributed by atoms with Gasteiger partial charge in [0.05, 0.1) is 5.52 Å². The van der Waals surface area contributed by atoms with Gasteiger partial charge in [0.1, 0.15) is 11.4 Å². The third kappa shape index (κ3) is 4.02. The maximum Gasteiger partial charge on any atom is 0.260 e. The van der Waals surface area contributed by atoms with Crippen LogP contribution in [0.1, 0.15) is 36.0 Å². The van der Waals surface area contributed by atoms with Crippen molar-refractivity contribution in [3.05, 3.63) is 46.7 Å². The minimum atomic E-state index is -0.0533. The van der Waals surface area contributed by atoms with Gasteiger partial charge in [0.2, 0.25) is 5.95 Å². The zero-order valence-corrected chi connectivity index (χ0v) is 16.8. The summed E-state index contributed by atoms with van der Waals surface area (Å²) in [6.45, 7) is 0. The molecule has 0 aliphatic heterocycles. The number of fused-ring (bicyclic) bond motifs is 1. The van der Waals surface area contributed by atoms with E-state index in [4.69, 9.17) is 4.98 Å². The van der Waals surface area contributed by atoms with Crippen LogP contribution in [-0.2, 0) is 0 Å². The van der Waals surface area contributed by atoms with Gasteiger partial charge in [-0.3, -0.25) is 4.79 Å². The summed E-state index contributed by atoms with van der Waals surface area (Å²) in [6, 6.07) is 11.4. The Kier molecular flexibility index (Phi) is 5.31. The molecule has 0 bridgehead atoms. The number of nitrogens with one attached hydrogen (secondary N) is 2. The molecule has 0 saturated heterocycles. The van der Waals surface area contributed by atoms with Crippen molar-refractivity contribution in [3.8, 4) is 0 Å². The SMILES string of the molecule is CN(C)c1nc(NC2CCC(NC(=O)c3c#csc3)CC2)nc2ccccc12. The largest absolute Gasteiger partial charge is 0.362 e. The van der Waals surface area contributed by atoms with Crippen molar-refractivity contribution in [1.82, 2.24) is 15.3 Å². The molecule has 1 aliphatic carbocycles. The Bertz CT molecular complexity index is 949. The van der Waals surface area contributed by atoms with Crippen LogP contribution in [-0.4, -0.2) is 42.1 Å². The standard InChI is InChI=1S/C21H23N5OS/c1-26(2)19-17-5-3-4-6-18(17)24-21(25-19)23-16-9-7-15(8-10-16)22-20(27)14-11-12-28-13-14/h3-6,13,15-16H,7-10H2,1-2H3,(H,22,27)(H,23,24,25). The van der Waals surface area contributed by atoms with Crippen LogP contribution in [0, 0.1) is 11.4 Å². The van der Waals surface area contributed by atoms with Crippen LogP contribution in [0.5, 0.6) is 0 Å². The molecule has 1 fully saturated rings. The molecule has 2 heterocycles. The van der Waals surface area contributed by atoms with E-state index in [1.165, 1.54) is 11.3 Å². The van der Waals surface area contributed by atoms with E-state index < -0.39 is 0 Å². The van der Waals surface area contributed by atoms with Gasteiger partial charge in [-0.1, -0.05) is 23.5 Å². The van der Waals surface area contributed by atoms with Crippen LogP contribution >= 0.6 is 11.3 Å². The highest BCUT2D eigenvalue weighted by atomic mass is 32.1. The molecule has 4 rings (SSSR count). The molecule has 2 N–H and O–H groups in total. The molecular weight excluding hydrogens is 370 g/mol. The van der Waals surface area contributed by atoms with E-state index in [1.807, 2.05) is 43.3 Å². The second kappa shape index (κ2) is 8.03. The number of benzene rings is 1. The number of rotatable bonds is 5. The Balaban J connectivity index is 1.39. The van der Waals surface area contributed by atoms with Crippen molar-refractivity contribution in [2.75, 3.05) is 24.3 Å². The van der Waals surface area contributed by atoms with E-state index in [0.29, 0.717) is 17.6 Å². The van der Waals surface area contributed by atoms with Crippen LogP contribution in [0.2, 0.25) is 0 Å². The quantitative estimate of drug-likeness (QED) is 0.694. The maximum atomic E-state index is 12.2. The molecular formula is C21H23N5OS. The number of para-hydroxylation sites is 1. The Morgan fingerprint density at radius 3 is 2.61 bits per heavy atom. The minimum absolute atomic E-state index is 0.0533. The Morgan fingerprint density at radius 2 is 1.89 bits per heavy atom. The first-order valence-corrected chi connectivity index (χ1v) is 10.4. The van der Waals surface area contributed by atoms with Crippen molar-refractivity contribution >= 4 is 39.9 Å². The van der Waals surface area contributed by atoms with Gasteiger partial charge in [0.15, 0.2) is 0 Å². The summed E-state index contributed by atoms with van der Waals surface area (Å²) in [7, 11) is 3.99. The first kappa shape index (κ1) is 18.5. The number of carbonyl (C=O) groups excluding carboxylic acids is 1. The van der Waals surface area contributed by atoms with Crippen molar-refractivity contribution in [1.29, 1.82) is 0 Å². The smallest absolute Gasteiger partial charge is 0.260 e. The summed E-state index contributed by atoms with van der Waals surface area (Å²) >= 11 is 1.37. The number of hydrogen-bond donors (Lipinski definition) is 2. The zero-order valence-electron chi connectivity index (χ0n) is 16.0. The normalized spacial score (nSPS) is 19.1. The highest BCUT2D eigenvalue weighted by Gasteiger charge is 2.24. The number of hydrogen-bond acceptors (Lipinski definition) is 6. The van der Waals surface area contributed by atoms with E-state index in [1.54, 1.807) is 5.38 Å². The molecule has 144 valence electrons. The fraction of sp³-hybridized carbons (Fsp3) is 0.381. The van der Waals surface area contributed by atoms with Crippen molar-refractivity contribution in [2.45, 2.75) is 37.8 Å². The molecule has 3 aromatic rings. The second-order valence-electron chi connectivity index (χ2n) is 7.33. The average molecular weight is 394 g/mol. The Labute approximate surface area is 169 Å². The number of anilines is 2. The molecule has 1 amide bonds. The van der Waals surface area contributed by atoms with Crippen LogP contribution < -0.4 is 15.5 Å². The molecule has 0 radical (unpaired) electrons. The van der Waals surface area contributed by atoms with E-state index in [2.05, 4.69) is 27.1 Å². The summed E-state index contributed by atoms with van der Waals surface area (Å²) in [5.74, 6) is 1.53. The van der Waals surface area contributed by atoms with Gasteiger partial charge in [-0.15, -0.1) is 0 Å². The number of carbonyl (C=O) groups is 1. The number of aromatic nitrogens is 2. The predicted octanol–water partition coefficient (Wildman–Crippen LogP) is 3.51. The first-order valence-electron chi connectivity index (χ1n) is 9.48. The van der Waals surface area contributed by atoms with E-state index >= 15 is 0 Å². The van der Waals surface area contributed by atoms with E-state index in [9.17, 15) is 4.79 Å². The lowest BCUT2D eigenvalue weighted by molar-refractivity contribution is 0.0927. The number of nitrogens with zero attached hydrogens (tertiary/aromatic N) is 3. The van der Waals surface area contributed by atoms with Crippen LogP contribution in [0.4, 0.5) is 11.8 Å². The predicted molar refractivity (Wildman–Crippen MR) is 113 cm³/mol. The molecule has 1 aromatic carbocycles. The molecule has 2 aromatic heterocycles. The van der Waals surface area contributed by atoms with E-state index in [0.717, 1.165) is 42.4 Å². The van der Waals surface area contributed by atoms with Crippen LogP contribution in [0.3, 0.4) is 0 Å². The Hall–Kier alpha value is -2.85. The zero-order chi connectivity index (χ0) is 19.5. The third-order valence-electron chi connectivity index (χ3n) is 5.07. The van der Waals surface area contributed by atoms with Crippen LogP contribution in [0.15, 0.2) is 29.6 Å². The lowest BCUT2D eigenvalue weighted by atomic mass is 9.91. The summed E-state index contributed by atoms with van der Waals surface area (Å²) in [6.07, 6.45) is 3.81. The minimum Gasteiger partial charge on any atom is -0.362 e. The highest BCUT2D eigenvalue weighted by Crippen LogP contribution is 2.26. The van der Waals surface area contributed by atoms with Crippen LogP contribution in [0.25, 0.3) is 10.9 Å².